The molecule has 0 atom stereocenters. The number of thiazole rings is 1. The third kappa shape index (κ3) is 4.39. The third-order valence-corrected chi connectivity index (χ3v) is 5.81. The molecule has 0 bridgehead atoms. The Kier molecular flexibility index (Phi) is 5.47. The number of fused-ring (bicyclic) bond motifs is 1. The average Bonchev–Trinajstić information content (AvgIpc) is 3.12. The van der Waals surface area contributed by atoms with E-state index < -0.39 is 0 Å². The summed E-state index contributed by atoms with van der Waals surface area (Å²) in [4.78, 5) is 4.74. The summed E-state index contributed by atoms with van der Waals surface area (Å²) in [7, 11) is 1.65. The van der Waals surface area contributed by atoms with Gasteiger partial charge in [-0.2, -0.15) is 0 Å². The summed E-state index contributed by atoms with van der Waals surface area (Å²) in [6, 6.07) is 20.4. The third-order valence-electron chi connectivity index (χ3n) is 4.54. The first-order chi connectivity index (χ1) is 14.0. The fourth-order valence-corrected chi connectivity index (χ4v) is 4.35. The molecule has 4 rings (SSSR count). The van der Waals surface area contributed by atoms with Gasteiger partial charge in [0.15, 0.2) is 5.11 Å². The largest absolute Gasteiger partial charge is 0.495 e. The second-order valence-electron chi connectivity index (χ2n) is 6.85. The van der Waals surface area contributed by atoms with Crippen LogP contribution in [0.15, 0.2) is 60.7 Å². The zero-order chi connectivity index (χ0) is 20.4. The fourth-order valence-electron chi connectivity index (χ4n) is 3.06. The molecule has 3 aromatic carbocycles. The van der Waals surface area contributed by atoms with Crippen LogP contribution in [0, 0.1) is 13.8 Å². The molecular weight excluding hydrogens is 398 g/mol. The second kappa shape index (κ2) is 8.19. The van der Waals surface area contributed by atoms with E-state index in [1.54, 1.807) is 18.4 Å². The van der Waals surface area contributed by atoms with E-state index in [0.29, 0.717) is 5.11 Å². The van der Waals surface area contributed by atoms with Crippen LogP contribution in [0.1, 0.15) is 11.1 Å². The molecule has 2 N–H and O–H groups in total. The Labute approximate surface area is 179 Å². The number of rotatable bonds is 4. The van der Waals surface area contributed by atoms with E-state index in [-0.39, 0.29) is 0 Å². The first-order valence-electron chi connectivity index (χ1n) is 9.22. The van der Waals surface area contributed by atoms with Crippen LogP contribution in [0.5, 0.6) is 5.75 Å². The molecule has 0 saturated heterocycles. The van der Waals surface area contributed by atoms with Gasteiger partial charge in [-0.15, -0.1) is 11.3 Å². The van der Waals surface area contributed by atoms with Gasteiger partial charge in [-0.1, -0.05) is 12.1 Å². The van der Waals surface area contributed by atoms with Crippen molar-refractivity contribution in [3.8, 4) is 16.3 Å². The molecule has 29 heavy (non-hydrogen) atoms. The van der Waals surface area contributed by atoms with Crippen molar-refractivity contribution in [2.75, 3.05) is 17.7 Å². The summed E-state index contributed by atoms with van der Waals surface area (Å²) in [5.41, 5.74) is 6.26. The van der Waals surface area contributed by atoms with Crippen LogP contribution in [-0.4, -0.2) is 17.2 Å². The number of methoxy groups -OCH3 is 1. The van der Waals surface area contributed by atoms with Gasteiger partial charge in [0.05, 0.1) is 23.0 Å². The molecular formula is C23H21N3OS2. The maximum absolute atomic E-state index is 5.46. The van der Waals surface area contributed by atoms with Crippen LogP contribution in [0.4, 0.5) is 11.4 Å². The number of thiocarbonyl (C=S) groups is 1. The Balaban J connectivity index is 1.47. The van der Waals surface area contributed by atoms with Gasteiger partial charge in [0.25, 0.3) is 0 Å². The molecule has 0 aliphatic carbocycles. The highest BCUT2D eigenvalue weighted by molar-refractivity contribution is 7.80. The van der Waals surface area contributed by atoms with Crippen LogP contribution < -0.4 is 15.4 Å². The molecule has 0 spiro atoms. The van der Waals surface area contributed by atoms with Crippen LogP contribution in [0.2, 0.25) is 0 Å². The molecule has 1 aromatic heterocycles. The summed E-state index contributed by atoms with van der Waals surface area (Å²) in [5, 5.41) is 7.95. The quantitative estimate of drug-likeness (QED) is 0.375. The number of hydrogen-bond acceptors (Lipinski definition) is 4. The van der Waals surface area contributed by atoms with Gasteiger partial charge in [-0.05, 0) is 85.7 Å². The zero-order valence-corrected chi connectivity index (χ0v) is 18.1. The zero-order valence-electron chi connectivity index (χ0n) is 16.4. The number of aromatic nitrogens is 1. The van der Waals surface area contributed by atoms with Crippen molar-refractivity contribution in [1.82, 2.24) is 4.98 Å². The van der Waals surface area contributed by atoms with Crippen molar-refractivity contribution in [2.24, 2.45) is 0 Å². The first-order valence-corrected chi connectivity index (χ1v) is 10.4. The van der Waals surface area contributed by atoms with E-state index in [1.165, 1.54) is 10.3 Å². The lowest BCUT2D eigenvalue weighted by atomic mass is 10.2. The molecule has 0 radical (unpaired) electrons. The van der Waals surface area contributed by atoms with Crippen LogP contribution in [0.3, 0.4) is 0 Å². The van der Waals surface area contributed by atoms with Gasteiger partial charge >= 0.3 is 0 Å². The summed E-state index contributed by atoms with van der Waals surface area (Å²) < 4.78 is 6.60. The molecule has 0 aliphatic heterocycles. The standard InChI is InChI=1S/C23H21N3OS2/c1-14-5-11-20(27-3)19(12-14)26-23(28)24-17-8-6-16(7-9-17)22-25-18-10-4-15(2)13-21(18)29-22/h4-13H,1-3H3,(H2,24,26,28). The van der Waals surface area contributed by atoms with Crippen LogP contribution >= 0.6 is 23.6 Å². The van der Waals surface area contributed by atoms with Crippen molar-refractivity contribution in [2.45, 2.75) is 13.8 Å². The number of nitrogens with zero attached hydrogens (tertiary/aromatic N) is 1. The van der Waals surface area contributed by atoms with E-state index in [0.717, 1.165) is 38.8 Å². The second-order valence-corrected chi connectivity index (χ2v) is 8.29. The maximum atomic E-state index is 5.46. The molecule has 4 nitrogen and oxygen atoms in total. The van der Waals surface area contributed by atoms with Crippen molar-refractivity contribution in [3.05, 3.63) is 71.8 Å². The lowest BCUT2D eigenvalue weighted by Gasteiger charge is -2.14. The molecule has 146 valence electrons. The Morgan fingerprint density at radius 1 is 0.931 bits per heavy atom. The minimum atomic E-state index is 0.511. The van der Waals surface area contributed by atoms with Crippen molar-refractivity contribution < 1.29 is 4.74 Å². The maximum Gasteiger partial charge on any atom is 0.175 e. The van der Waals surface area contributed by atoms with E-state index >= 15 is 0 Å². The Morgan fingerprint density at radius 3 is 2.41 bits per heavy atom. The number of hydrogen-bond donors (Lipinski definition) is 2. The molecule has 0 fully saturated rings. The highest BCUT2D eigenvalue weighted by Crippen LogP contribution is 2.31. The van der Waals surface area contributed by atoms with E-state index in [2.05, 4.69) is 47.9 Å². The first kappa shape index (κ1) is 19.4. The smallest absolute Gasteiger partial charge is 0.175 e. The highest BCUT2D eigenvalue weighted by Gasteiger charge is 2.08. The molecule has 1 heterocycles. The van der Waals surface area contributed by atoms with Crippen LogP contribution in [0.25, 0.3) is 20.8 Å². The predicted molar refractivity (Wildman–Crippen MR) is 127 cm³/mol. The van der Waals surface area contributed by atoms with Crippen molar-refractivity contribution >= 4 is 50.3 Å². The minimum Gasteiger partial charge on any atom is -0.495 e. The van der Waals surface area contributed by atoms with Crippen molar-refractivity contribution in [3.63, 3.8) is 0 Å². The molecule has 0 amide bonds. The molecule has 0 saturated carbocycles. The SMILES string of the molecule is COc1ccc(C)cc1NC(=S)Nc1ccc(-c2nc3ccc(C)cc3s2)cc1. The number of benzene rings is 3. The topological polar surface area (TPSA) is 46.2 Å². The fraction of sp³-hybridized carbons (Fsp3) is 0.130. The number of anilines is 2. The predicted octanol–water partition coefficient (Wildman–Crippen LogP) is 6.40. The van der Waals surface area contributed by atoms with E-state index in [1.807, 2.05) is 37.3 Å². The Bertz CT molecular complexity index is 1180. The van der Waals surface area contributed by atoms with Gasteiger partial charge in [-0.25, -0.2) is 4.98 Å². The van der Waals surface area contributed by atoms with E-state index in [4.69, 9.17) is 21.9 Å². The molecule has 0 unspecified atom stereocenters. The monoisotopic (exact) mass is 419 g/mol. The number of nitrogens with one attached hydrogen (secondary N) is 2. The van der Waals surface area contributed by atoms with Gasteiger partial charge in [0, 0.05) is 11.3 Å². The molecule has 0 aliphatic rings. The van der Waals surface area contributed by atoms with Crippen molar-refractivity contribution in [1.29, 1.82) is 0 Å². The highest BCUT2D eigenvalue weighted by atomic mass is 32.1. The lowest BCUT2D eigenvalue weighted by molar-refractivity contribution is 0.417. The summed E-state index contributed by atoms with van der Waals surface area (Å²) >= 11 is 7.17. The summed E-state index contributed by atoms with van der Waals surface area (Å²) in [6.45, 7) is 4.13. The van der Waals surface area contributed by atoms with Crippen LogP contribution in [-0.2, 0) is 0 Å². The molecule has 6 heteroatoms. The number of ether oxygens (including phenoxy) is 1. The molecule has 4 aromatic rings. The van der Waals surface area contributed by atoms with Gasteiger partial charge < -0.3 is 15.4 Å². The number of aryl methyl sites for hydroxylation is 2. The lowest BCUT2D eigenvalue weighted by Crippen LogP contribution is -2.19. The van der Waals surface area contributed by atoms with Gasteiger partial charge in [0.2, 0.25) is 0 Å². The van der Waals surface area contributed by atoms with Gasteiger partial charge in [0.1, 0.15) is 10.8 Å². The minimum absolute atomic E-state index is 0.511. The Hall–Kier alpha value is -2.96. The van der Waals surface area contributed by atoms with E-state index in [9.17, 15) is 0 Å². The Morgan fingerprint density at radius 2 is 1.66 bits per heavy atom. The summed E-state index contributed by atoms with van der Waals surface area (Å²) in [6.07, 6.45) is 0. The van der Waals surface area contributed by atoms with Gasteiger partial charge in [-0.3, -0.25) is 0 Å². The normalized spacial score (nSPS) is 10.7. The summed E-state index contributed by atoms with van der Waals surface area (Å²) in [5.74, 6) is 0.751. The average molecular weight is 420 g/mol.